The lowest BCUT2D eigenvalue weighted by Gasteiger charge is -2.24. The van der Waals surface area contributed by atoms with E-state index in [9.17, 15) is 14.3 Å². The van der Waals surface area contributed by atoms with E-state index >= 15 is 0 Å². The number of ether oxygens (including phenoxy) is 2. The molecule has 57 heavy (non-hydrogen) atoms. The number of carbonyl (C=O) groups excluding carboxylic acids is 1. The molecule has 0 aromatic rings. The van der Waals surface area contributed by atoms with E-state index < -0.39 is 13.9 Å². The lowest BCUT2D eigenvalue weighted by atomic mass is 10.1. The number of likely N-dealkylation sites (N-methyl/N-ethyl adjacent to an activating group) is 1. The SMILES string of the molecule is CC/C=C\C/C=C\C/C=C\C/C=C\C/C=C\C/C=C\CCCCCCC(=O)OC(COCCCCCCCC/C=C\CCCC)COP(=O)(O)OCC[N+](C)(C)C. The summed E-state index contributed by atoms with van der Waals surface area (Å²) >= 11 is 0. The maximum atomic E-state index is 12.7. The highest BCUT2D eigenvalue weighted by Gasteiger charge is 2.26. The topological polar surface area (TPSA) is 91.3 Å². The van der Waals surface area contributed by atoms with Crippen LogP contribution in [0.5, 0.6) is 0 Å². The molecule has 0 aliphatic carbocycles. The Morgan fingerprint density at radius 1 is 0.561 bits per heavy atom. The maximum absolute atomic E-state index is 12.7. The van der Waals surface area contributed by atoms with Gasteiger partial charge in [-0.1, -0.05) is 150 Å². The van der Waals surface area contributed by atoms with Crippen LogP contribution >= 0.6 is 7.82 Å². The third kappa shape index (κ3) is 44.6. The normalized spacial score (nSPS) is 14.6. The van der Waals surface area contributed by atoms with Crippen LogP contribution in [0.15, 0.2) is 85.1 Å². The molecule has 0 saturated heterocycles. The minimum Gasteiger partial charge on any atom is -0.457 e. The van der Waals surface area contributed by atoms with Gasteiger partial charge in [0.2, 0.25) is 0 Å². The fourth-order valence-electron chi connectivity index (χ4n) is 5.48. The second-order valence-corrected chi connectivity index (χ2v) is 17.1. The summed E-state index contributed by atoms with van der Waals surface area (Å²) in [6, 6.07) is 0. The first kappa shape index (κ1) is 54.7. The fourth-order valence-corrected chi connectivity index (χ4v) is 6.22. The molecule has 2 atom stereocenters. The summed E-state index contributed by atoms with van der Waals surface area (Å²) in [5, 5.41) is 0. The Labute approximate surface area is 350 Å². The van der Waals surface area contributed by atoms with Crippen LogP contribution in [0.3, 0.4) is 0 Å². The van der Waals surface area contributed by atoms with E-state index in [-0.39, 0.29) is 25.8 Å². The molecule has 9 heteroatoms. The molecular weight excluding hydrogens is 734 g/mol. The Bertz CT molecular complexity index is 1180. The molecule has 0 amide bonds. The molecule has 0 aromatic heterocycles. The number of rotatable bonds is 40. The summed E-state index contributed by atoms with van der Waals surface area (Å²) in [5.74, 6) is -0.344. The minimum atomic E-state index is -4.29. The van der Waals surface area contributed by atoms with Gasteiger partial charge in [0.05, 0.1) is 34.4 Å². The molecule has 0 aliphatic heterocycles. The summed E-state index contributed by atoms with van der Waals surface area (Å²) in [6.45, 7) is 5.40. The molecule has 0 spiro atoms. The molecule has 1 N–H and O–H groups in total. The van der Waals surface area contributed by atoms with Gasteiger partial charge in [-0.05, 0) is 83.5 Å². The summed E-state index contributed by atoms with van der Waals surface area (Å²) < 4.78 is 34.9. The summed E-state index contributed by atoms with van der Waals surface area (Å²) in [6.07, 6.45) is 53.3. The maximum Gasteiger partial charge on any atom is 0.472 e. The van der Waals surface area contributed by atoms with Gasteiger partial charge >= 0.3 is 13.8 Å². The fraction of sp³-hybridized carbons (Fsp3) is 0.688. The summed E-state index contributed by atoms with van der Waals surface area (Å²) in [7, 11) is 1.63. The standard InChI is InChI=1S/C48H84NO7P/c1-6-8-10-12-14-16-18-20-21-22-23-24-25-26-27-28-29-30-31-33-35-37-39-41-48(50)56-47(46-55-57(51,52)54-44-42-49(3,4)5)45-53-43-40-38-36-34-32-19-17-15-13-11-9-7-2/h8,10,13-16,20-21,23-24,26-27,29-30,47H,6-7,9,11-12,17-19,22,25,28,31-46H2,1-5H3/p+1/b10-8-,15-13-,16-14-,21-20-,24-23-,27-26-,30-29-. The molecule has 0 heterocycles. The van der Waals surface area contributed by atoms with E-state index in [4.69, 9.17) is 18.5 Å². The van der Waals surface area contributed by atoms with Gasteiger partial charge in [0.1, 0.15) is 19.3 Å². The quantitative estimate of drug-likeness (QED) is 0.0216. The highest BCUT2D eigenvalue weighted by atomic mass is 31.2. The van der Waals surface area contributed by atoms with E-state index in [1.54, 1.807) is 0 Å². The van der Waals surface area contributed by atoms with Crippen molar-refractivity contribution < 1.29 is 37.3 Å². The zero-order valence-corrected chi connectivity index (χ0v) is 37.9. The van der Waals surface area contributed by atoms with Gasteiger partial charge in [0.15, 0.2) is 0 Å². The van der Waals surface area contributed by atoms with Crippen molar-refractivity contribution in [3.8, 4) is 0 Å². The van der Waals surface area contributed by atoms with Crippen LogP contribution in [0.25, 0.3) is 0 Å². The number of esters is 1. The van der Waals surface area contributed by atoms with E-state index in [0.717, 1.165) is 83.5 Å². The minimum absolute atomic E-state index is 0.0774. The van der Waals surface area contributed by atoms with Crippen molar-refractivity contribution in [2.75, 3.05) is 54.1 Å². The first-order valence-corrected chi connectivity index (χ1v) is 23.8. The highest BCUT2D eigenvalue weighted by molar-refractivity contribution is 7.47. The van der Waals surface area contributed by atoms with Crippen molar-refractivity contribution in [1.29, 1.82) is 0 Å². The summed E-state index contributed by atoms with van der Waals surface area (Å²) in [4.78, 5) is 22.9. The first-order chi connectivity index (χ1) is 27.6. The van der Waals surface area contributed by atoms with Gasteiger partial charge in [-0.25, -0.2) is 4.57 Å². The van der Waals surface area contributed by atoms with Crippen molar-refractivity contribution in [1.82, 2.24) is 0 Å². The third-order valence-electron chi connectivity index (χ3n) is 8.94. The van der Waals surface area contributed by atoms with E-state index in [1.165, 1.54) is 51.4 Å². The number of hydrogen-bond acceptors (Lipinski definition) is 6. The predicted molar refractivity (Wildman–Crippen MR) is 242 cm³/mol. The Hall–Kier alpha value is -2.32. The van der Waals surface area contributed by atoms with Crippen LogP contribution in [0, 0.1) is 0 Å². The Kier molecular flexibility index (Phi) is 38.8. The smallest absolute Gasteiger partial charge is 0.457 e. The Morgan fingerprint density at radius 2 is 1.02 bits per heavy atom. The second-order valence-electron chi connectivity index (χ2n) is 15.7. The molecule has 0 fully saturated rings. The number of phosphoric ester groups is 1. The van der Waals surface area contributed by atoms with Crippen molar-refractivity contribution in [2.24, 2.45) is 0 Å². The van der Waals surface area contributed by atoms with Gasteiger partial charge in [-0.3, -0.25) is 13.8 Å². The molecule has 0 radical (unpaired) electrons. The molecule has 0 saturated carbocycles. The summed E-state index contributed by atoms with van der Waals surface area (Å²) in [5.41, 5.74) is 0. The lowest BCUT2D eigenvalue weighted by Crippen LogP contribution is -2.37. The molecular formula is C48H85NO7P+. The molecule has 0 aliphatic rings. The molecule has 0 bridgehead atoms. The molecule has 2 unspecified atom stereocenters. The average Bonchev–Trinajstić information content (AvgIpc) is 3.16. The van der Waals surface area contributed by atoms with E-state index in [2.05, 4.69) is 98.9 Å². The number of allylic oxidation sites excluding steroid dienone is 14. The lowest BCUT2D eigenvalue weighted by molar-refractivity contribution is -0.870. The van der Waals surface area contributed by atoms with Gasteiger partial charge < -0.3 is 18.9 Å². The highest BCUT2D eigenvalue weighted by Crippen LogP contribution is 2.43. The number of quaternary nitrogens is 1. The zero-order chi connectivity index (χ0) is 42.0. The second kappa shape index (κ2) is 40.5. The van der Waals surface area contributed by atoms with Crippen LogP contribution in [-0.4, -0.2) is 75.6 Å². The van der Waals surface area contributed by atoms with Gasteiger partial charge in [-0.15, -0.1) is 0 Å². The Morgan fingerprint density at radius 3 is 1.54 bits per heavy atom. The molecule has 0 rings (SSSR count). The number of nitrogens with zero attached hydrogens (tertiary/aromatic N) is 1. The Balaban J connectivity index is 4.28. The molecule has 328 valence electrons. The van der Waals surface area contributed by atoms with Crippen molar-refractivity contribution >= 4 is 13.8 Å². The van der Waals surface area contributed by atoms with Gasteiger partial charge in [0, 0.05) is 13.0 Å². The zero-order valence-electron chi connectivity index (χ0n) is 37.0. The average molecular weight is 819 g/mol. The van der Waals surface area contributed by atoms with Crippen LogP contribution in [0.4, 0.5) is 0 Å². The monoisotopic (exact) mass is 819 g/mol. The van der Waals surface area contributed by atoms with Crippen LogP contribution < -0.4 is 0 Å². The van der Waals surface area contributed by atoms with Crippen LogP contribution in [0.1, 0.15) is 155 Å². The van der Waals surface area contributed by atoms with Gasteiger partial charge in [0.25, 0.3) is 0 Å². The van der Waals surface area contributed by atoms with Crippen molar-refractivity contribution in [3.63, 3.8) is 0 Å². The van der Waals surface area contributed by atoms with Crippen molar-refractivity contribution in [3.05, 3.63) is 85.1 Å². The van der Waals surface area contributed by atoms with E-state index in [0.29, 0.717) is 24.1 Å². The number of unbranched alkanes of at least 4 members (excludes halogenated alkanes) is 12. The number of phosphoric acid groups is 1. The van der Waals surface area contributed by atoms with Gasteiger partial charge in [-0.2, -0.15) is 0 Å². The van der Waals surface area contributed by atoms with Crippen molar-refractivity contribution in [2.45, 2.75) is 161 Å². The van der Waals surface area contributed by atoms with Crippen LogP contribution in [0.2, 0.25) is 0 Å². The first-order valence-electron chi connectivity index (χ1n) is 22.3. The largest absolute Gasteiger partial charge is 0.472 e. The number of hydrogen-bond donors (Lipinski definition) is 1. The third-order valence-corrected chi connectivity index (χ3v) is 9.92. The predicted octanol–water partition coefficient (Wildman–Crippen LogP) is 13.3. The van der Waals surface area contributed by atoms with Crippen LogP contribution in [-0.2, 0) is 27.9 Å². The number of carbonyl (C=O) groups is 1. The molecule has 0 aromatic carbocycles. The molecule has 8 nitrogen and oxygen atoms in total. The van der Waals surface area contributed by atoms with E-state index in [1.807, 2.05) is 21.1 Å².